The van der Waals surface area contributed by atoms with E-state index in [2.05, 4.69) is 21.2 Å². The van der Waals surface area contributed by atoms with Crippen molar-refractivity contribution in [1.29, 1.82) is 0 Å². The van der Waals surface area contributed by atoms with Gasteiger partial charge in [0.05, 0.1) is 19.4 Å². The van der Waals surface area contributed by atoms with Gasteiger partial charge in [0.2, 0.25) is 5.91 Å². The number of carbonyl (C=O) groups excluding carboxylic acids is 1. The number of benzene rings is 2. The fourth-order valence-corrected chi connectivity index (χ4v) is 2.36. The zero-order chi connectivity index (χ0) is 16.7. The number of methoxy groups -OCH3 is 1. The fourth-order valence-electron chi connectivity index (χ4n) is 1.97. The zero-order valence-electron chi connectivity index (χ0n) is 13.0. The van der Waals surface area contributed by atoms with Gasteiger partial charge in [-0.05, 0) is 58.8 Å². The molecule has 0 unspecified atom stereocenters. The standard InChI is InChI=1S/C18H18BrNO3/c1-3-23-16-10-8-13(12-17(16)22-2)9-11-18(21)20-15-7-5-4-6-14(15)19/h4-12H,3H2,1-2H3,(H,20,21)/b11-9+. The van der Waals surface area contributed by atoms with Crippen molar-refractivity contribution in [3.8, 4) is 11.5 Å². The largest absolute Gasteiger partial charge is 0.493 e. The van der Waals surface area contributed by atoms with Gasteiger partial charge < -0.3 is 14.8 Å². The molecule has 0 bridgehead atoms. The van der Waals surface area contributed by atoms with E-state index in [-0.39, 0.29) is 5.91 Å². The van der Waals surface area contributed by atoms with Crippen molar-refractivity contribution >= 4 is 33.6 Å². The lowest BCUT2D eigenvalue weighted by Gasteiger charge is -2.09. The second-order valence-corrected chi connectivity index (χ2v) is 5.50. The summed E-state index contributed by atoms with van der Waals surface area (Å²) in [5, 5.41) is 2.81. The molecule has 23 heavy (non-hydrogen) atoms. The van der Waals surface area contributed by atoms with Crippen molar-refractivity contribution in [2.24, 2.45) is 0 Å². The highest BCUT2D eigenvalue weighted by Gasteiger charge is 2.05. The van der Waals surface area contributed by atoms with Gasteiger partial charge in [-0.15, -0.1) is 0 Å². The molecule has 0 aliphatic rings. The van der Waals surface area contributed by atoms with Crippen LogP contribution in [0.4, 0.5) is 5.69 Å². The van der Waals surface area contributed by atoms with Crippen LogP contribution in [0.2, 0.25) is 0 Å². The highest BCUT2D eigenvalue weighted by atomic mass is 79.9. The summed E-state index contributed by atoms with van der Waals surface area (Å²) in [6.07, 6.45) is 3.21. The molecule has 0 spiro atoms. The second kappa shape index (κ2) is 8.39. The van der Waals surface area contributed by atoms with Crippen molar-refractivity contribution in [2.75, 3.05) is 19.0 Å². The molecule has 0 atom stereocenters. The van der Waals surface area contributed by atoms with Gasteiger partial charge in [-0.2, -0.15) is 0 Å². The fraction of sp³-hybridized carbons (Fsp3) is 0.167. The first-order valence-electron chi connectivity index (χ1n) is 7.18. The Bertz CT molecular complexity index is 713. The first-order valence-corrected chi connectivity index (χ1v) is 7.97. The Kier molecular flexibility index (Phi) is 6.23. The Balaban J connectivity index is 2.07. The second-order valence-electron chi connectivity index (χ2n) is 4.65. The minimum absolute atomic E-state index is 0.204. The molecule has 5 heteroatoms. The molecule has 1 N–H and O–H groups in total. The summed E-state index contributed by atoms with van der Waals surface area (Å²) in [4.78, 5) is 12.0. The third-order valence-electron chi connectivity index (χ3n) is 3.05. The van der Waals surface area contributed by atoms with E-state index in [1.807, 2.05) is 49.4 Å². The lowest BCUT2D eigenvalue weighted by atomic mass is 10.2. The van der Waals surface area contributed by atoms with Crippen LogP contribution in [0, 0.1) is 0 Å². The number of nitrogens with one attached hydrogen (secondary N) is 1. The summed E-state index contributed by atoms with van der Waals surface area (Å²) in [6, 6.07) is 13.0. The molecule has 2 rings (SSSR count). The minimum atomic E-state index is -0.204. The molecule has 0 aromatic heterocycles. The predicted molar refractivity (Wildman–Crippen MR) is 96.0 cm³/mol. The Morgan fingerprint density at radius 1 is 1.22 bits per heavy atom. The van der Waals surface area contributed by atoms with Crippen molar-refractivity contribution in [3.05, 3.63) is 58.6 Å². The van der Waals surface area contributed by atoms with E-state index in [1.165, 1.54) is 6.08 Å². The molecule has 0 fully saturated rings. The molecule has 0 heterocycles. The highest BCUT2D eigenvalue weighted by molar-refractivity contribution is 9.10. The van der Waals surface area contributed by atoms with Crippen molar-refractivity contribution < 1.29 is 14.3 Å². The molecular weight excluding hydrogens is 358 g/mol. The van der Waals surface area contributed by atoms with Crippen LogP contribution in [-0.4, -0.2) is 19.6 Å². The smallest absolute Gasteiger partial charge is 0.248 e. The number of amides is 1. The summed E-state index contributed by atoms with van der Waals surface area (Å²) in [5.74, 6) is 1.12. The van der Waals surface area contributed by atoms with Crippen LogP contribution in [0.1, 0.15) is 12.5 Å². The number of halogens is 1. The Hall–Kier alpha value is -2.27. The van der Waals surface area contributed by atoms with Gasteiger partial charge in [0.1, 0.15) is 0 Å². The normalized spacial score (nSPS) is 10.6. The number of rotatable bonds is 6. The van der Waals surface area contributed by atoms with Crippen molar-refractivity contribution in [1.82, 2.24) is 0 Å². The predicted octanol–water partition coefficient (Wildman–Crippen LogP) is 4.51. The number of hydrogen-bond donors (Lipinski definition) is 1. The minimum Gasteiger partial charge on any atom is -0.493 e. The lowest BCUT2D eigenvalue weighted by Crippen LogP contribution is -2.08. The molecular formula is C18H18BrNO3. The molecule has 0 saturated carbocycles. The molecule has 1 amide bonds. The number of carbonyl (C=O) groups is 1. The molecule has 0 saturated heterocycles. The van der Waals surface area contributed by atoms with E-state index < -0.39 is 0 Å². The highest BCUT2D eigenvalue weighted by Crippen LogP contribution is 2.28. The summed E-state index contributed by atoms with van der Waals surface area (Å²) < 4.78 is 11.6. The number of anilines is 1. The Morgan fingerprint density at radius 2 is 2.00 bits per heavy atom. The van der Waals surface area contributed by atoms with Crippen LogP contribution in [0.15, 0.2) is 53.0 Å². The monoisotopic (exact) mass is 375 g/mol. The van der Waals surface area contributed by atoms with Crippen LogP contribution in [0.3, 0.4) is 0 Å². The third-order valence-corrected chi connectivity index (χ3v) is 3.74. The first kappa shape index (κ1) is 17.1. The molecule has 0 radical (unpaired) electrons. The van der Waals surface area contributed by atoms with Crippen LogP contribution in [0.5, 0.6) is 11.5 Å². The van der Waals surface area contributed by atoms with Gasteiger partial charge in [-0.25, -0.2) is 0 Å². The maximum Gasteiger partial charge on any atom is 0.248 e. The van der Waals surface area contributed by atoms with Gasteiger partial charge in [0.15, 0.2) is 11.5 Å². The topological polar surface area (TPSA) is 47.6 Å². The number of hydrogen-bond acceptors (Lipinski definition) is 3. The quantitative estimate of drug-likeness (QED) is 0.755. The molecule has 2 aromatic rings. The van der Waals surface area contributed by atoms with Crippen LogP contribution in [-0.2, 0) is 4.79 Å². The summed E-state index contributed by atoms with van der Waals surface area (Å²) >= 11 is 3.39. The molecule has 0 aliphatic carbocycles. The van der Waals surface area contributed by atoms with Gasteiger partial charge >= 0.3 is 0 Å². The summed E-state index contributed by atoms with van der Waals surface area (Å²) in [6.45, 7) is 2.49. The van der Waals surface area contributed by atoms with E-state index in [9.17, 15) is 4.79 Å². The lowest BCUT2D eigenvalue weighted by molar-refractivity contribution is -0.111. The van der Waals surface area contributed by atoms with Gasteiger partial charge in [0, 0.05) is 10.5 Å². The average molecular weight is 376 g/mol. The van der Waals surface area contributed by atoms with Gasteiger partial charge in [-0.1, -0.05) is 18.2 Å². The van der Waals surface area contributed by atoms with Crippen molar-refractivity contribution in [2.45, 2.75) is 6.92 Å². The summed E-state index contributed by atoms with van der Waals surface area (Å²) in [5.41, 5.74) is 1.58. The SMILES string of the molecule is CCOc1ccc(/C=C/C(=O)Nc2ccccc2Br)cc1OC. The molecule has 120 valence electrons. The van der Waals surface area contributed by atoms with E-state index in [0.29, 0.717) is 18.1 Å². The maximum atomic E-state index is 12.0. The first-order chi connectivity index (χ1) is 11.1. The molecule has 0 aliphatic heterocycles. The Morgan fingerprint density at radius 3 is 2.70 bits per heavy atom. The zero-order valence-corrected chi connectivity index (χ0v) is 14.6. The maximum absolute atomic E-state index is 12.0. The third kappa shape index (κ3) is 4.86. The summed E-state index contributed by atoms with van der Waals surface area (Å²) in [7, 11) is 1.59. The van der Waals surface area contributed by atoms with Gasteiger partial charge in [-0.3, -0.25) is 4.79 Å². The van der Waals surface area contributed by atoms with E-state index >= 15 is 0 Å². The Labute approximate surface area is 144 Å². The number of ether oxygens (including phenoxy) is 2. The van der Waals surface area contributed by atoms with Crippen LogP contribution >= 0.6 is 15.9 Å². The van der Waals surface area contributed by atoms with Crippen LogP contribution in [0.25, 0.3) is 6.08 Å². The molecule has 2 aromatic carbocycles. The van der Waals surface area contributed by atoms with E-state index in [4.69, 9.17) is 9.47 Å². The van der Waals surface area contributed by atoms with E-state index in [1.54, 1.807) is 13.2 Å². The van der Waals surface area contributed by atoms with Crippen molar-refractivity contribution in [3.63, 3.8) is 0 Å². The van der Waals surface area contributed by atoms with E-state index in [0.717, 1.165) is 15.7 Å². The van der Waals surface area contributed by atoms with Crippen LogP contribution < -0.4 is 14.8 Å². The molecule has 4 nitrogen and oxygen atoms in total. The average Bonchev–Trinajstić information content (AvgIpc) is 2.56. The number of para-hydroxylation sites is 1. The van der Waals surface area contributed by atoms with Gasteiger partial charge in [0.25, 0.3) is 0 Å².